The molecule has 1 N–H and O–H groups in total. The highest BCUT2D eigenvalue weighted by Gasteiger charge is 2.20. The Labute approximate surface area is 74.9 Å². The Morgan fingerprint density at radius 1 is 1.50 bits per heavy atom. The summed E-state index contributed by atoms with van der Waals surface area (Å²) in [7, 11) is 0. The molecule has 1 aliphatic rings. The summed E-state index contributed by atoms with van der Waals surface area (Å²) in [6, 6.07) is 0. The molecule has 1 fully saturated rings. The maximum Gasteiger partial charge on any atom is 0.0579 e. The summed E-state index contributed by atoms with van der Waals surface area (Å²) in [4.78, 5) is 0. The first kappa shape index (κ1) is 10.0. The molecule has 72 valence electrons. The summed E-state index contributed by atoms with van der Waals surface area (Å²) in [5.41, 5.74) is 0. The lowest BCUT2D eigenvalue weighted by molar-refractivity contribution is 0.0472. The molecule has 0 aromatic heterocycles. The second-order valence-corrected chi connectivity index (χ2v) is 3.93. The van der Waals surface area contributed by atoms with Gasteiger partial charge in [0, 0.05) is 0 Å². The van der Waals surface area contributed by atoms with Crippen molar-refractivity contribution in [3.8, 4) is 0 Å². The van der Waals surface area contributed by atoms with Crippen molar-refractivity contribution in [3.63, 3.8) is 0 Å². The Kier molecular flexibility index (Phi) is 4.02. The summed E-state index contributed by atoms with van der Waals surface area (Å²) < 4.78 is 5.66. The van der Waals surface area contributed by atoms with E-state index in [0.29, 0.717) is 12.2 Å². The zero-order valence-electron chi connectivity index (χ0n) is 8.12. The molecule has 3 atom stereocenters. The monoisotopic (exact) mass is 172 g/mol. The smallest absolute Gasteiger partial charge is 0.0579 e. The van der Waals surface area contributed by atoms with E-state index in [9.17, 15) is 0 Å². The Balaban J connectivity index is 2.00. The predicted octanol–water partition coefficient (Wildman–Crippen LogP) is 2.10. The van der Waals surface area contributed by atoms with Crippen molar-refractivity contribution in [2.75, 3.05) is 0 Å². The summed E-state index contributed by atoms with van der Waals surface area (Å²) >= 11 is 0. The van der Waals surface area contributed by atoms with Gasteiger partial charge in [-0.3, -0.25) is 0 Å². The first-order valence-electron chi connectivity index (χ1n) is 5.02. The van der Waals surface area contributed by atoms with E-state index in [1.807, 2.05) is 6.92 Å². The normalized spacial score (nSPS) is 32.2. The lowest BCUT2D eigenvalue weighted by atomic mass is 10.1. The molecule has 1 saturated heterocycles. The number of hydrogen-bond donors (Lipinski definition) is 1. The van der Waals surface area contributed by atoms with Gasteiger partial charge in [0.15, 0.2) is 0 Å². The van der Waals surface area contributed by atoms with Crippen molar-refractivity contribution < 1.29 is 9.84 Å². The molecule has 0 spiro atoms. The van der Waals surface area contributed by atoms with E-state index in [0.717, 1.165) is 19.3 Å². The third kappa shape index (κ3) is 3.55. The van der Waals surface area contributed by atoms with Crippen molar-refractivity contribution >= 4 is 0 Å². The Morgan fingerprint density at radius 3 is 2.75 bits per heavy atom. The van der Waals surface area contributed by atoms with Crippen LogP contribution < -0.4 is 0 Å². The fraction of sp³-hybridized carbons (Fsp3) is 1.00. The molecule has 1 aliphatic heterocycles. The van der Waals surface area contributed by atoms with Gasteiger partial charge in [0.05, 0.1) is 18.3 Å². The van der Waals surface area contributed by atoms with Crippen molar-refractivity contribution in [1.29, 1.82) is 0 Å². The van der Waals surface area contributed by atoms with Gasteiger partial charge < -0.3 is 9.84 Å². The zero-order chi connectivity index (χ0) is 8.97. The molecule has 0 aliphatic carbocycles. The minimum Gasteiger partial charge on any atom is -0.393 e. The van der Waals surface area contributed by atoms with Crippen LogP contribution in [0.1, 0.15) is 46.0 Å². The topological polar surface area (TPSA) is 29.5 Å². The van der Waals surface area contributed by atoms with E-state index in [2.05, 4.69) is 6.92 Å². The van der Waals surface area contributed by atoms with Gasteiger partial charge in [0.2, 0.25) is 0 Å². The van der Waals surface area contributed by atoms with Crippen LogP contribution in [0.2, 0.25) is 0 Å². The molecule has 0 radical (unpaired) electrons. The zero-order valence-corrected chi connectivity index (χ0v) is 8.12. The van der Waals surface area contributed by atoms with E-state index in [-0.39, 0.29) is 6.10 Å². The standard InChI is InChI=1S/C10H20O2/c1-8(11)4-3-5-10-7-6-9(2)12-10/h8-11H,3-7H2,1-2H3. The fourth-order valence-electron chi connectivity index (χ4n) is 1.74. The Hall–Kier alpha value is -0.0800. The van der Waals surface area contributed by atoms with Crippen molar-refractivity contribution in [2.24, 2.45) is 0 Å². The van der Waals surface area contributed by atoms with Gasteiger partial charge in [0.25, 0.3) is 0 Å². The van der Waals surface area contributed by atoms with Crippen LogP contribution in [0.3, 0.4) is 0 Å². The average Bonchev–Trinajstić information content (AvgIpc) is 2.35. The van der Waals surface area contributed by atoms with E-state index in [4.69, 9.17) is 9.84 Å². The number of hydrogen-bond acceptors (Lipinski definition) is 2. The largest absolute Gasteiger partial charge is 0.393 e. The summed E-state index contributed by atoms with van der Waals surface area (Å²) in [6.45, 7) is 3.98. The lowest BCUT2D eigenvalue weighted by Gasteiger charge is -2.11. The fourth-order valence-corrected chi connectivity index (χ4v) is 1.74. The molecule has 0 saturated carbocycles. The predicted molar refractivity (Wildman–Crippen MR) is 49.1 cm³/mol. The maximum atomic E-state index is 9.04. The minimum atomic E-state index is -0.149. The summed E-state index contributed by atoms with van der Waals surface area (Å²) in [5.74, 6) is 0. The highest BCUT2D eigenvalue weighted by atomic mass is 16.5. The molecule has 0 aromatic carbocycles. The van der Waals surface area contributed by atoms with E-state index in [1.165, 1.54) is 12.8 Å². The first-order valence-corrected chi connectivity index (χ1v) is 5.02. The summed E-state index contributed by atoms with van der Waals surface area (Å²) in [6.07, 6.45) is 6.32. The third-order valence-electron chi connectivity index (χ3n) is 2.47. The van der Waals surface area contributed by atoms with E-state index >= 15 is 0 Å². The van der Waals surface area contributed by atoms with Gasteiger partial charge in [-0.15, -0.1) is 0 Å². The van der Waals surface area contributed by atoms with Crippen LogP contribution in [0.25, 0.3) is 0 Å². The molecular weight excluding hydrogens is 152 g/mol. The van der Waals surface area contributed by atoms with Crippen LogP contribution >= 0.6 is 0 Å². The van der Waals surface area contributed by atoms with Gasteiger partial charge in [-0.1, -0.05) is 0 Å². The van der Waals surface area contributed by atoms with Crippen LogP contribution in [-0.4, -0.2) is 23.4 Å². The van der Waals surface area contributed by atoms with Crippen LogP contribution in [0.5, 0.6) is 0 Å². The second-order valence-electron chi connectivity index (χ2n) is 3.93. The number of ether oxygens (including phenoxy) is 1. The van der Waals surface area contributed by atoms with Crippen LogP contribution in [0, 0.1) is 0 Å². The number of aliphatic hydroxyl groups is 1. The van der Waals surface area contributed by atoms with Crippen molar-refractivity contribution in [3.05, 3.63) is 0 Å². The van der Waals surface area contributed by atoms with Gasteiger partial charge in [-0.05, 0) is 46.0 Å². The Bertz CT molecular complexity index is 123. The van der Waals surface area contributed by atoms with Gasteiger partial charge >= 0.3 is 0 Å². The van der Waals surface area contributed by atoms with Crippen LogP contribution in [0.15, 0.2) is 0 Å². The molecule has 1 heterocycles. The quantitative estimate of drug-likeness (QED) is 0.703. The number of aliphatic hydroxyl groups excluding tert-OH is 1. The second kappa shape index (κ2) is 4.83. The molecule has 0 bridgehead atoms. The van der Waals surface area contributed by atoms with E-state index in [1.54, 1.807) is 0 Å². The molecule has 12 heavy (non-hydrogen) atoms. The Morgan fingerprint density at radius 2 is 2.25 bits per heavy atom. The highest BCUT2D eigenvalue weighted by molar-refractivity contribution is 4.70. The first-order chi connectivity index (χ1) is 5.68. The third-order valence-corrected chi connectivity index (χ3v) is 2.47. The average molecular weight is 172 g/mol. The summed E-state index contributed by atoms with van der Waals surface area (Å²) in [5, 5.41) is 9.04. The SMILES string of the molecule is CC(O)CCCC1CCC(C)O1. The van der Waals surface area contributed by atoms with Gasteiger partial charge in [0.1, 0.15) is 0 Å². The van der Waals surface area contributed by atoms with Crippen LogP contribution in [-0.2, 0) is 4.74 Å². The number of rotatable bonds is 4. The molecule has 0 aromatic rings. The van der Waals surface area contributed by atoms with E-state index < -0.39 is 0 Å². The van der Waals surface area contributed by atoms with Crippen molar-refractivity contribution in [2.45, 2.75) is 64.3 Å². The lowest BCUT2D eigenvalue weighted by Crippen LogP contribution is -2.09. The maximum absolute atomic E-state index is 9.04. The van der Waals surface area contributed by atoms with Crippen LogP contribution in [0.4, 0.5) is 0 Å². The van der Waals surface area contributed by atoms with Crippen molar-refractivity contribution in [1.82, 2.24) is 0 Å². The molecule has 1 rings (SSSR count). The molecule has 2 nitrogen and oxygen atoms in total. The minimum absolute atomic E-state index is 0.149. The van der Waals surface area contributed by atoms with Gasteiger partial charge in [-0.2, -0.15) is 0 Å². The highest BCUT2D eigenvalue weighted by Crippen LogP contribution is 2.23. The molecule has 0 amide bonds. The molecular formula is C10H20O2. The van der Waals surface area contributed by atoms with Gasteiger partial charge in [-0.25, -0.2) is 0 Å². The molecule has 3 unspecified atom stereocenters. The molecule has 2 heteroatoms.